The third kappa shape index (κ3) is 4.14. The number of hydrogen-bond donors (Lipinski definition) is 2. The lowest BCUT2D eigenvalue weighted by Crippen LogP contribution is -2.47. The minimum absolute atomic E-state index is 0.135. The van der Waals surface area contributed by atoms with E-state index in [0.29, 0.717) is 0 Å². The van der Waals surface area contributed by atoms with Crippen molar-refractivity contribution in [2.45, 2.75) is 51.3 Å². The second kappa shape index (κ2) is 4.46. The molecule has 86 valence electrons. The quantitative estimate of drug-likeness (QED) is 0.413. The average Bonchev–Trinajstić information content (AvgIpc) is 1.97. The average molecular weight is 214 g/mol. The number of nitrogens with one attached hydrogen (secondary N) is 1. The molecule has 0 radical (unpaired) electrons. The fraction of sp³-hybridized carbons (Fsp3) is 0.889. The van der Waals surface area contributed by atoms with Gasteiger partial charge in [0, 0.05) is 6.04 Å². The highest BCUT2D eigenvalue weighted by Gasteiger charge is 2.31. The van der Waals surface area contributed by atoms with Crippen molar-refractivity contribution in [1.29, 1.82) is 0 Å². The van der Waals surface area contributed by atoms with Gasteiger partial charge in [0.25, 0.3) is 0 Å². The number of carbonyl (C=O) groups excluding carboxylic acids is 1. The number of amides is 1. The summed E-state index contributed by atoms with van der Waals surface area (Å²) in [7, 11) is 0. The van der Waals surface area contributed by atoms with Crippen molar-refractivity contribution in [3.63, 3.8) is 0 Å². The molecule has 1 aliphatic carbocycles. The lowest BCUT2D eigenvalue weighted by Gasteiger charge is -2.32. The predicted octanol–water partition coefficient (Wildman–Crippen LogP) is 1.37. The highest BCUT2D eigenvalue weighted by atomic mass is 16.6. The fourth-order valence-electron chi connectivity index (χ4n) is 1.37. The Labute approximate surface area is 89.2 Å². The number of nitrogens with zero attached hydrogens (tertiary/aromatic N) is 2. The second-order valence-corrected chi connectivity index (χ2v) is 4.70. The van der Waals surface area contributed by atoms with Gasteiger partial charge in [-0.15, -0.1) is 0 Å². The maximum absolute atomic E-state index is 11.3. The molecule has 1 saturated carbocycles. The molecule has 0 saturated heterocycles. The standard InChI is InChI=1S/C9H18N4O2/c1-9(2,3)15-8(14)11-6-4-7(5-6)12-13-10/h6-7H,4-5H2,1-3H3,(H2,10,12)(H,11,14). The van der Waals surface area contributed by atoms with Gasteiger partial charge in [0.15, 0.2) is 0 Å². The fourth-order valence-corrected chi connectivity index (χ4v) is 1.37. The number of nitrogens with two attached hydrogens (primary N) is 1. The third-order valence-corrected chi connectivity index (χ3v) is 2.06. The van der Waals surface area contributed by atoms with Crippen LogP contribution in [-0.4, -0.2) is 23.8 Å². The van der Waals surface area contributed by atoms with E-state index in [0.717, 1.165) is 12.8 Å². The number of alkyl carbamates (subject to hydrolysis) is 1. The zero-order valence-corrected chi connectivity index (χ0v) is 9.36. The van der Waals surface area contributed by atoms with Gasteiger partial charge >= 0.3 is 6.09 Å². The summed E-state index contributed by atoms with van der Waals surface area (Å²) in [6.07, 6.45) is 1.18. The molecule has 0 aromatic carbocycles. The molecule has 0 heterocycles. The van der Waals surface area contributed by atoms with Gasteiger partial charge in [-0.2, -0.15) is 5.11 Å². The Balaban J connectivity index is 2.19. The highest BCUT2D eigenvalue weighted by molar-refractivity contribution is 5.68. The van der Waals surface area contributed by atoms with Crippen LogP contribution in [0.1, 0.15) is 33.6 Å². The van der Waals surface area contributed by atoms with Crippen molar-refractivity contribution < 1.29 is 9.53 Å². The molecule has 0 aliphatic heterocycles. The maximum Gasteiger partial charge on any atom is 0.407 e. The van der Waals surface area contributed by atoms with Gasteiger partial charge in [-0.25, -0.2) is 4.79 Å². The summed E-state index contributed by atoms with van der Waals surface area (Å²) < 4.78 is 5.11. The van der Waals surface area contributed by atoms with Crippen LogP contribution in [0, 0.1) is 0 Å². The van der Waals surface area contributed by atoms with Crippen LogP contribution in [0.3, 0.4) is 0 Å². The molecule has 0 atom stereocenters. The smallest absolute Gasteiger partial charge is 0.407 e. The monoisotopic (exact) mass is 214 g/mol. The van der Waals surface area contributed by atoms with Gasteiger partial charge in [-0.1, -0.05) is 5.22 Å². The normalized spacial score (nSPS) is 26.1. The van der Waals surface area contributed by atoms with E-state index in [4.69, 9.17) is 10.6 Å². The van der Waals surface area contributed by atoms with Crippen molar-refractivity contribution in [3.8, 4) is 0 Å². The van der Waals surface area contributed by atoms with Crippen LogP contribution in [0.4, 0.5) is 4.79 Å². The second-order valence-electron chi connectivity index (χ2n) is 4.70. The molecule has 1 amide bonds. The Bertz CT molecular complexity index is 253. The number of rotatable bonds is 2. The van der Waals surface area contributed by atoms with Crippen LogP contribution < -0.4 is 11.2 Å². The lowest BCUT2D eigenvalue weighted by molar-refractivity contribution is 0.0472. The van der Waals surface area contributed by atoms with Gasteiger partial charge in [0.05, 0.1) is 6.04 Å². The Kier molecular flexibility index (Phi) is 3.49. The minimum Gasteiger partial charge on any atom is -0.444 e. The van der Waals surface area contributed by atoms with E-state index in [-0.39, 0.29) is 18.2 Å². The Morgan fingerprint density at radius 1 is 1.47 bits per heavy atom. The largest absolute Gasteiger partial charge is 0.444 e. The summed E-state index contributed by atoms with van der Waals surface area (Å²) in [5.74, 6) is 4.92. The number of ether oxygens (including phenoxy) is 1. The summed E-state index contributed by atoms with van der Waals surface area (Å²) in [4.78, 5) is 11.3. The van der Waals surface area contributed by atoms with E-state index in [2.05, 4.69) is 15.7 Å². The molecule has 1 rings (SSSR count). The number of carbonyl (C=O) groups is 1. The van der Waals surface area contributed by atoms with Crippen LogP contribution in [0.5, 0.6) is 0 Å². The molecule has 6 nitrogen and oxygen atoms in total. The zero-order chi connectivity index (χ0) is 11.5. The molecular weight excluding hydrogens is 196 g/mol. The van der Waals surface area contributed by atoms with E-state index < -0.39 is 5.60 Å². The molecule has 1 fully saturated rings. The van der Waals surface area contributed by atoms with Gasteiger partial charge in [-0.05, 0) is 33.6 Å². The van der Waals surface area contributed by atoms with E-state index in [9.17, 15) is 4.79 Å². The molecule has 15 heavy (non-hydrogen) atoms. The summed E-state index contributed by atoms with van der Waals surface area (Å²) in [6, 6.07) is 0.283. The molecule has 0 spiro atoms. The first-order valence-electron chi connectivity index (χ1n) is 5.00. The molecule has 0 aromatic rings. The number of hydrogen-bond acceptors (Lipinski definition) is 4. The Morgan fingerprint density at radius 3 is 2.53 bits per heavy atom. The van der Waals surface area contributed by atoms with Crippen molar-refractivity contribution in [2.24, 2.45) is 16.2 Å². The first-order chi connectivity index (χ1) is 6.90. The van der Waals surface area contributed by atoms with Crippen LogP contribution in [-0.2, 0) is 4.74 Å². The van der Waals surface area contributed by atoms with Gasteiger partial charge < -0.3 is 15.9 Å². The zero-order valence-electron chi connectivity index (χ0n) is 9.36. The molecule has 0 aromatic heterocycles. The predicted molar refractivity (Wildman–Crippen MR) is 55.2 cm³/mol. The Morgan fingerprint density at radius 2 is 2.07 bits per heavy atom. The van der Waals surface area contributed by atoms with Crippen LogP contribution in [0.2, 0.25) is 0 Å². The van der Waals surface area contributed by atoms with Crippen LogP contribution in [0.25, 0.3) is 0 Å². The summed E-state index contributed by atoms with van der Waals surface area (Å²) in [5, 5.41) is 9.74. The van der Waals surface area contributed by atoms with Crippen molar-refractivity contribution in [1.82, 2.24) is 5.32 Å². The first kappa shape index (κ1) is 11.7. The molecule has 0 unspecified atom stereocenters. The third-order valence-electron chi connectivity index (χ3n) is 2.06. The van der Waals surface area contributed by atoms with Crippen LogP contribution >= 0.6 is 0 Å². The summed E-state index contributed by atoms with van der Waals surface area (Å²) in [5.41, 5.74) is -0.454. The summed E-state index contributed by atoms with van der Waals surface area (Å²) in [6.45, 7) is 5.50. The van der Waals surface area contributed by atoms with Gasteiger partial charge in [0.2, 0.25) is 0 Å². The van der Waals surface area contributed by atoms with Crippen molar-refractivity contribution >= 4 is 6.09 Å². The van der Waals surface area contributed by atoms with E-state index in [1.165, 1.54) is 0 Å². The van der Waals surface area contributed by atoms with Gasteiger partial charge in [0.1, 0.15) is 5.60 Å². The first-order valence-corrected chi connectivity index (χ1v) is 5.00. The van der Waals surface area contributed by atoms with E-state index in [1.54, 1.807) is 0 Å². The van der Waals surface area contributed by atoms with E-state index >= 15 is 0 Å². The molecule has 6 heteroatoms. The SMILES string of the molecule is CC(C)(C)OC(=O)NC1CC(N=NN)C1. The van der Waals surface area contributed by atoms with Crippen LogP contribution in [0.15, 0.2) is 10.3 Å². The minimum atomic E-state index is -0.454. The topological polar surface area (TPSA) is 89.1 Å². The molecular formula is C9H18N4O2. The highest BCUT2D eigenvalue weighted by Crippen LogP contribution is 2.23. The Hall–Kier alpha value is -1.33. The maximum atomic E-state index is 11.3. The lowest BCUT2D eigenvalue weighted by atomic mass is 9.88. The van der Waals surface area contributed by atoms with Gasteiger partial charge in [-0.3, -0.25) is 0 Å². The summed E-state index contributed by atoms with van der Waals surface area (Å²) >= 11 is 0. The van der Waals surface area contributed by atoms with Crippen molar-refractivity contribution in [3.05, 3.63) is 0 Å². The molecule has 3 N–H and O–H groups in total. The van der Waals surface area contributed by atoms with Crippen molar-refractivity contribution in [2.75, 3.05) is 0 Å². The van der Waals surface area contributed by atoms with E-state index in [1.807, 2.05) is 20.8 Å². The molecule has 0 bridgehead atoms. The molecule has 1 aliphatic rings.